The van der Waals surface area contributed by atoms with Gasteiger partial charge in [-0.25, -0.2) is 4.68 Å². The minimum absolute atomic E-state index is 0.123. The standard InChI is InChI=1S/C19H26N4O2/c1-12(2)11-23-19(25)16-6-4-3-5-15(16)17(22-23)18(24)21-14-9-7-13(20)8-10-14/h3-6,12-14H,7-11,20H2,1-2H3,(H,21,24). The number of carbonyl (C=O) groups is 1. The van der Waals surface area contributed by atoms with Gasteiger partial charge in [0, 0.05) is 24.0 Å². The van der Waals surface area contributed by atoms with Gasteiger partial charge in [0.25, 0.3) is 11.5 Å². The Hall–Kier alpha value is -2.21. The number of rotatable bonds is 4. The van der Waals surface area contributed by atoms with Crippen LogP contribution in [0, 0.1) is 5.92 Å². The van der Waals surface area contributed by atoms with Gasteiger partial charge < -0.3 is 11.1 Å². The van der Waals surface area contributed by atoms with Crippen molar-refractivity contribution in [3.8, 4) is 0 Å². The molecule has 1 fully saturated rings. The number of amides is 1. The molecule has 0 radical (unpaired) electrons. The van der Waals surface area contributed by atoms with E-state index < -0.39 is 0 Å². The van der Waals surface area contributed by atoms with E-state index in [9.17, 15) is 9.59 Å². The maximum atomic E-state index is 12.8. The molecule has 1 aromatic heterocycles. The second kappa shape index (κ2) is 7.35. The van der Waals surface area contributed by atoms with Gasteiger partial charge in [-0.2, -0.15) is 5.10 Å². The maximum Gasteiger partial charge on any atom is 0.274 e. The topological polar surface area (TPSA) is 90.0 Å². The molecule has 25 heavy (non-hydrogen) atoms. The number of benzene rings is 1. The zero-order chi connectivity index (χ0) is 18.0. The monoisotopic (exact) mass is 342 g/mol. The number of aromatic nitrogens is 2. The average molecular weight is 342 g/mol. The lowest BCUT2D eigenvalue weighted by molar-refractivity contribution is 0.0920. The van der Waals surface area contributed by atoms with Crippen molar-refractivity contribution in [2.45, 2.75) is 58.2 Å². The molecule has 3 rings (SSSR count). The van der Waals surface area contributed by atoms with Crippen LogP contribution in [0.2, 0.25) is 0 Å². The molecule has 0 saturated heterocycles. The van der Waals surface area contributed by atoms with Crippen LogP contribution in [0.25, 0.3) is 10.8 Å². The summed E-state index contributed by atoms with van der Waals surface area (Å²) in [6.45, 7) is 4.53. The minimum Gasteiger partial charge on any atom is -0.348 e. The van der Waals surface area contributed by atoms with E-state index in [0.717, 1.165) is 25.7 Å². The molecule has 0 bridgehead atoms. The third kappa shape index (κ3) is 3.90. The van der Waals surface area contributed by atoms with Gasteiger partial charge in [0.1, 0.15) is 0 Å². The second-order valence-corrected chi connectivity index (χ2v) is 7.36. The summed E-state index contributed by atoms with van der Waals surface area (Å²) in [5.41, 5.74) is 6.11. The summed E-state index contributed by atoms with van der Waals surface area (Å²) >= 11 is 0. The molecule has 1 aliphatic rings. The number of hydrogen-bond donors (Lipinski definition) is 2. The predicted octanol–water partition coefficient (Wildman–Crippen LogP) is 2.05. The van der Waals surface area contributed by atoms with Crippen molar-refractivity contribution < 1.29 is 4.79 Å². The summed E-state index contributed by atoms with van der Waals surface area (Å²) in [6.07, 6.45) is 3.62. The van der Waals surface area contributed by atoms with Gasteiger partial charge in [-0.15, -0.1) is 0 Å². The molecule has 0 aliphatic heterocycles. The summed E-state index contributed by atoms with van der Waals surface area (Å²) in [6, 6.07) is 7.54. The molecular formula is C19H26N4O2. The fraction of sp³-hybridized carbons (Fsp3) is 0.526. The second-order valence-electron chi connectivity index (χ2n) is 7.36. The highest BCUT2D eigenvalue weighted by molar-refractivity contribution is 6.04. The van der Waals surface area contributed by atoms with E-state index in [-0.39, 0.29) is 29.5 Å². The van der Waals surface area contributed by atoms with Crippen LogP contribution in [-0.2, 0) is 6.54 Å². The van der Waals surface area contributed by atoms with Crippen molar-refractivity contribution in [2.75, 3.05) is 0 Å². The maximum absolute atomic E-state index is 12.8. The molecule has 1 aliphatic carbocycles. The van der Waals surface area contributed by atoms with Crippen LogP contribution in [0.4, 0.5) is 0 Å². The number of hydrogen-bond acceptors (Lipinski definition) is 4. The first-order chi connectivity index (χ1) is 12.0. The molecule has 2 aromatic rings. The summed E-state index contributed by atoms with van der Waals surface area (Å²) in [7, 11) is 0. The Balaban J connectivity index is 1.95. The van der Waals surface area contributed by atoms with Crippen molar-refractivity contribution in [1.82, 2.24) is 15.1 Å². The first-order valence-electron chi connectivity index (χ1n) is 9.02. The van der Waals surface area contributed by atoms with Crippen LogP contribution in [0.5, 0.6) is 0 Å². The largest absolute Gasteiger partial charge is 0.348 e. The fourth-order valence-electron chi connectivity index (χ4n) is 3.39. The van der Waals surface area contributed by atoms with Gasteiger partial charge in [0.05, 0.1) is 5.39 Å². The molecule has 6 nitrogen and oxygen atoms in total. The van der Waals surface area contributed by atoms with Crippen LogP contribution in [0.15, 0.2) is 29.1 Å². The molecule has 6 heteroatoms. The molecule has 3 N–H and O–H groups in total. The van der Waals surface area contributed by atoms with Gasteiger partial charge in [0.2, 0.25) is 0 Å². The van der Waals surface area contributed by atoms with E-state index in [1.165, 1.54) is 4.68 Å². The fourth-order valence-corrected chi connectivity index (χ4v) is 3.39. The molecule has 1 amide bonds. The molecule has 1 saturated carbocycles. The molecule has 0 spiro atoms. The van der Waals surface area contributed by atoms with Crippen LogP contribution >= 0.6 is 0 Å². The van der Waals surface area contributed by atoms with Gasteiger partial charge >= 0.3 is 0 Å². The number of carbonyl (C=O) groups excluding carboxylic acids is 1. The molecular weight excluding hydrogens is 316 g/mol. The van der Waals surface area contributed by atoms with E-state index >= 15 is 0 Å². The van der Waals surface area contributed by atoms with Crippen LogP contribution < -0.4 is 16.6 Å². The zero-order valence-electron chi connectivity index (χ0n) is 14.9. The van der Waals surface area contributed by atoms with Gasteiger partial charge in [0.15, 0.2) is 5.69 Å². The summed E-state index contributed by atoms with van der Waals surface area (Å²) in [4.78, 5) is 25.5. The van der Waals surface area contributed by atoms with E-state index in [1.54, 1.807) is 12.1 Å². The van der Waals surface area contributed by atoms with Crippen LogP contribution in [0.3, 0.4) is 0 Å². The molecule has 0 unspecified atom stereocenters. The van der Waals surface area contributed by atoms with Crippen molar-refractivity contribution in [3.63, 3.8) is 0 Å². The van der Waals surface area contributed by atoms with E-state index in [4.69, 9.17) is 5.73 Å². The van der Waals surface area contributed by atoms with Gasteiger partial charge in [-0.1, -0.05) is 32.0 Å². The summed E-state index contributed by atoms with van der Waals surface area (Å²) in [5, 5.41) is 8.61. The van der Waals surface area contributed by atoms with Crippen LogP contribution in [0.1, 0.15) is 50.0 Å². The summed E-state index contributed by atoms with van der Waals surface area (Å²) in [5.74, 6) is 0.0521. The lowest BCUT2D eigenvalue weighted by atomic mass is 9.92. The van der Waals surface area contributed by atoms with Crippen molar-refractivity contribution in [3.05, 3.63) is 40.3 Å². The van der Waals surface area contributed by atoms with Crippen molar-refractivity contribution in [2.24, 2.45) is 11.7 Å². The Kier molecular flexibility index (Phi) is 5.18. The van der Waals surface area contributed by atoms with E-state index in [2.05, 4.69) is 10.4 Å². The van der Waals surface area contributed by atoms with Gasteiger partial charge in [-0.05, 0) is 37.7 Å². The lowest BCUT2D eigenvalue weighted by Crippen LogP contribution is -2.41. The Morgan fingerprint density at radius 3 is 2.52 bits per heavy atom. The highest BCUT2D eigenvalue weighted by atomic mass is 16.2. The highest BCUT2D eigenvalue weighted by Gasteiger charge is 2.23. The number of nitrogens with zero attached hydrogens (tertiary/aromatic N) is 2. The molecule has 134 valence electrons. The smallest absolute Gasteiger partial charge is 0.274 e. The van der Waals surface area contributed by atoms with E-state index in [1.807, 2.05) is 26.0 Å². The predicted molar refractivity (Wildman–Crippen MR) is 98.5 cm³/mol. The van der Waals surface area contributed by atoms with Crippen molar-refractivity contribution >= 4 is 16.7 Å². The Morgan fingerprint density at radius 2 is 1.88 bits per heavy atom. The lowest BCUT2D eigenvalue weighted by Gasteiger charge is -2.26. The number of fused-ring (bicyclic) bond motifs is 1. The van der Waals surface area contributed by atoms with Crippen molar-refractivity contribution in [1.29, 1.82) is 0 Å². The normalized spacial score (nSPS) is 20.8. The summed E-state index contributed by atoms with van der Waals surface area (Å²) < 4.78 is 1.42. The van der Waals surface area contributed by atoms with E-state index in [0.29, 0.717) is 23.0 Å². The zero-order valence-corrected chi connectivity index (χ0v) is 14.9. The highest BCUT2D eigenvalue weighted by Crippen LogP contribution is 2.19. The Bertz CT molecular complexity index is 820. The number of nitrogens with one attached hydrogen (secondary N) is 1. The van der Waals surface area contributed by atoms with Crippen LogP contribution in [-0.4, -0.2) is 27.8 Å². The third-order valence-corrected chi connectivity index (χ3v) is 4.73. The molecule has 1 aromatic carbocycles. The molecule has 1 heterocycles. The first-order valence-corrected chi connectivity index (χ1v) is 9.02. The Labute approximate surface area is 147 Å². The minimum atomic E-state index is -0.214. The number of nitrogens with two attached hydrogens (primary N) is 1. The van der Waals surface area contributed by atoms with Gasteiger partial charge in [-0.3, -0.25) is 9.59 Å². The quantitative estimate of drug-likeness (QED) is 0.890. The SMILES string of the molecule is CC(C)Cn1nc(C(=O)NC2CCC(N)CC2)c2ccccc2c1=O. The molecule has 0 atom stereocenters. The Morgan fingerprint density at radius 1 is 1.24 bits per heavy atom. The third-order valence-electron chi connectivity index (χ3n) is 4.73. The first kappa shape index (κ1) is 17.6. The average Bonchev–Trinajstić information content (AvgIpc) is 2.59.